The molecule has 0 amide bonds. The van der Waals surface area contributed by atoms with E-state index in [9.17, 15) is 9.18 Å². The van der Waals surface area contributed by atoms with Crippen molar-refractivity contribution in [3.63, 3.8) is 0 Å². The summed E-state index contributed by atoms with van der Waals surface area (Å²) in [6.07, 6.45) is 0. The molecule has 1 aromatic carbocycles. The lowest BCUT2D eigenvalue weighted by molar-refractivity contribution is 0.101. The first-order valence-electron chi connectivity index (χ1n) is 2.97. The van der Waals surface area contributed by atoms with Crippen LogP contribution in [0.3, 0.4) is 0 Å². The Balaban J connectivity index is 0.000001000. The molecule has 0 aromatic heterocycles. The number of ketones is 1. The highest BCUT2D eigenvalue weighted by Gasteiger charge is 2.03. The maximum atomic E-state index is 12.6. The van der Waals surface area contributed by atoms with Crippen molar-refractivity contribution < 1.29 is 9.18 Å². The van der Waals surface area contributed by atoms with Gasteiger partial charge in [-0.15, -0.1) is 12.4 Å². The zero-order valence-corrected chi connectivity index (χ0v) is 6.82. The molecular formula is C8H8ClFO. The number of carbonyl (C=O) groups excluding carboxylic acids is 1. The molecule has 0 heterocycles. The van der Waals surface area contributed by atoms with Gasteiger partial charge in [-0.3, -0.25) is 4.79 Å². The van der Waals surface area contributed by atoms with Gasteiger partial charge in [-0.2, -0.15) is 0 Å². The van der Waals surface area contributed by atoms with Gasteiger partial charge in [0.2, 0.25) is 0 Å². The van der Waals surface area contributed by atoms with E-state index in [0.29, 0.717) is 0 Å². The smallest absolute Gasteiger partial charge is 0.162 e. The fourth-order valence-electron chi connectivity index (χ4n) is 0.747. The standard InChI is InChI=1S/C8H7FO.ClH/c1-6(10)7-4-2-3-5-8(7)9;/h2-5H,1H3;1H. The molecule has 0 N–H and O–H groups in total. The molecule has 0 aliphatic carbocycles. The molecule has 1 rings (SSSR count). The van der Waals surface area contributed by atoms with Crippen molar-refractivity contribution in [2.45, 2.75) is 6.92 Å². The molecule has 0 radical (unpaired) electrons. The van der Waals surface area contributed by atoms with Crippen molar-refractivity contribution >= 4 is 18.2 Å². The number of rotatable bonds is 1. The molecule has 0 aliphatic rings. The van der Waals surface area contributed by atoms with Gasteiger partial charge in [-0.1, -0.05) is 12.1 Å². The van der Waals surface area contributed by atoms with Crippen LogP contribution in [0.5, 0.6) is 0 Å². The fraction of sp³-hybridized carbons (Fsp3) is 0.125. The van der Waals surface area contributed by atoms with Gasteiger partial charge in [0.05, 0.1) is 5.56 Å². The molecule has 3 heteroatoms. The van der Waals surface area contributed by atoms with Crippen LogP contribution in [0.1, 0.15) is 17.3 Å². The van der Waals surface area contributed by atoms with Crippen molar-refractivity contribution in [1.29, 1.82) is 0 Å². The summed E-state index contributed by atoms with van der Waals surface area (Å²) in [6.45, 7) is 1.35. The normalized spacial score (nSPS) is 8.55. The average Bonchev–Trinajstić information content (AvgIpc) is 1.88. The Hall–Kier alpha value is -0.890. The maximum absolute atomic E-state index is 12.6. The molecule has 1 nitrogen and oxygen atoms in total. The summed E-state index contributed by atoms with van der Waals surface area (Å²) in [5, 5.41) is 0. The van der Waals surface area contributed by atoms with E-state index in [0.717, 1.165) is 0 Å². The monoisotopic (exact) mass is 174 g/mol. The van der Waals surface area contributed by atoms with Crippen LogP contribution < -0.4 is 0 Å². The summed E-state index contributed by atoms with van der Waals surface area (Å²) in [5.41, 5.74) is 0.155. The van der Waals surface area contributed by atoms with E-state index in [-0.39, 0.29) is 23.8 Å². The van der Waals surface area contributed by atoms with Crippen LogP contribution in [0.2, 0.25) is 0 Å². The first kappa shape index (κ1) is 10.1. The third-order valence-corrected chi connectivity index (χ3v) is 1.25. The largest absolute Gasteiger partial charge is 0.294 e. The highest BCUT2D eigenvalue weighted by Crippen LogP contribution is 2.05. The van der Waals surface area contributed by atoms with Gasteiger partial charge in [0, 0.05) is 0 Å². The number of hydrogen-bond acceptors (Lipinski definition) is 1. The van der Waals surface area contributed by atoms with E-state index in [1.54, 1.807) is 12.1 Å². The van der Waals surface area contributed by atoms with Crippen LogP contribution in [0.15, 0.2) is 24.3 Å². The molecule has 11 heavy (non-hydrogen) atoms. The SMILES string of the molecule is CC(=O)c1ccccc1F.Cl. The molecular weight excluding hydrogens is 167 g/mol. The van der Waals surface area contributed by atoms with Gasteiger partial charge in [-0.25, -0.2) is 4.39 Å². The van der Waals surface area contributed by atoms with E-state index < -0.39 is 5.82 Å². The first-order chi connectivity index (χ1) is 4.72. The van der Waals surface area contributed by atoms with Crippen LogP contribution in [0.4, 0.5) is 4.39 Å². The molecule has 0 bridgehead atoms. The minimum absolute atomic E-state index is 0. The van der Waals surface area contributed by atoms with Crippen LogP contribution >= 0.6 is 12.4 Å². The molecule has 60 valence electrons. The maximum Gasteiger partial charge on any atom is 0.162 e. The Morgan fingerprint density at radius 3 is 2.27 bits per heavy atom. The zero-order chi connectivity index (χ0) is 7.56. The molecule has 0 aliphatic heterocycles. The third-order valence-electron chi connectivity index (χ3n) is 1.25. The lowest BCUT2D eigenvalue weighted by atomic mass is 10.1. The van der Waals surface area contributed by atoms with E-state index >= 15 is 0 Å². The molecule has 0 unspecified atom stereocenters. The fourth-order valence-corrected chi connectivity index (χ4v) is 0.747. The van der Waals surface area contributed by atoms with Crippen LogP contribution in [0, 0.1) is 5.82 Å². The number of Topliss-reactive ketones (excluding diaryl/α,β-unsaturated/α-hetero) is 1. The quantitative estimate of drug-likeness (QED) is 0.598. The van der Waals surface area contributed by atoms with E-state index in [1.165, 1.54) is 19.1 Å². The van der Waals surface area contributed by atoms with E-state index in [2.05, 4.69) is 0 Å². The third kappa shape index (κ3) is 2.31. The molecule has 1 aromatic rings. The van der Waals surface area contributed by atoms with Crippen LogP contribution in [-0.4, -0.2) is 5.78 Å². The van der Waals surface area contributed by atoms with Gasteiger partial charge >= 0.3 is 0 Å². The molecule has 0 fully saturated rings. The van der Waals surface area contributed by atoms with Gasteiger partial charge in [0.15, 0.2) is 5.78 Å². The minimum Gasteiger partial charge on any atom is -0.294 e. The van der Waals surface area contributed by atoms with Crippen molar-refractivity contribution in [1.82, 2.24) is 0 Å². The number of carbonyl (C=O) groups is 1. The zero-order valence-electron chi connectivity index (χ0n) is 6.00. The first-order valence-corrected chi connectivity index (χ1v) is 2.97. The second-order valence-corrected chi connectivity index (χ2v) is 2.04. The topological polar surface area (TPSA) is 17.1 Å². The number of hydrogen-bond donors (Lipinski definition) is 0. The lowest BCUT2D eigenvalue weighted by Gasteiger charge is -1.94. The van der Waals surface area contributed by atoms with Crippen LogP contribution in [-0.2, 0) is 0 Å². The van der Waals surface area contributed by atoms with Crippen molar-refractivity contribution in [2.24, 2.45) is 0 Å². The molecule has 0 saturated carbocycles. The second-order valence-electron chi connectivity index (χ2n) is 2.04. The Kier molecular flexibility index (Phi) is 3.76. The van der Waals surface area contributed by atoms with Gasteiger partial charge in [0.25, 0.3) is 0 Å². The molecule has 0 atom stereocenters. The molecule has 0 saturated heterocycles. The Bertz CT molecular complexity index is 260. The predicted octanol–water partition coefficient (Wildman–Crippen LogP) is 2.45. The minimum atomic E-state index is -0.449. The number of halogens is 2. The van der Waals surface area contributed by atoms with Gasteiger partial charge in [-0.05, 0) is 19.1 Å². The van der Waals surface area contributed by atoms with Crippen molar-refractivity contribution in [3.05, 3.63) is 35.6 Å². The molecule has 0 spiro atoms. The van der Waals surface area contributed by atoms with Crippen molar-refractivity contribution in [3.8, 4) is 0 Å². The highest BCUT2D eigenvalue weighted by atomic mass is 35.5. The van der Waals surface area contributed by atoms with Crippen LogP contribution in [0.25, 0.3) is 0 Å². The highest BCUT2D eigenvalue weighted by molar-refractivity contribution is 5.94. The summed E-state index contributed by atoms with van der Waals surface area (Å²) in [7, 11) is 0. The Morgan fingerprint density at radius 2 is 1.91 bits per heavy atom. The Labute approximate surface area is 70.6 Å². The van der Waals surface area contributed by atoms with Crippen molar-refractivity contribution in [2.75, 3.05) is 0 Å². The summed E-state index contributed by atoms with van der Waals surface area (Å²) in [5.74, 6) is -0.687. The summed E-state index contributed by atoms with van der Waals surface area (Å²) in [4.78, 5) is 10.6. The van der Waals surface area contributed by atoms with E-state index in [4.69, 9.17) is 0 Å². The van der Waals surface area contributed by atoms with Gasteiger partial charge < -0.3 is 0 Å². The lowest BCUT2D eigenvalue weighted by Crippen LogP contribution is -1.94. The van der Waals surface area contributed by atoms with Gasteiger partial charge in [0.1, 0.15) is 5.82 Å². The van der Waals surface area contributed by atoms with E-state index in [1.807, 2.05) is 0 Å². The second kappa shape index (κ2) is 4.09. The summed E-state index contributed by atoms with van der Waals surface area (Å²) in [6, 6.07) is 5.94. The summed E-state index contributed by atoms with van der Waals surface area (Å²) < 4.78 is 12.6. The number of benzene rings is 1. The predicted molar refractivity (Wildman–Crippen MR) is 43.7 cm³/mol. The summed E-state index contributed by atoms with van der Waals surface area (Å²) >= 11 is 0. The Morgan fingerprint density at radius 1 is 1.36 bits per heavy atom. The average molecular weight is 175 g/mol.